The number of nitrogens with zero attached hydrogens (tertiary/aromatic N) is 1. The van der Waals surface area contributed by atoms with E-state index in [9.17, 15) is 19.1 Å². The summed E-state index contributed by atoms with van der Waals surface area (Å²) < 4.78 is 13.0. The normalized spacial score (nSPS) is 11.7. The van der Waals surface area contributed by atoms with Crippen molar-refractivity contribution in [3.63, 3.8) is 0 Å². The van der Waals surface area contributed by atoms with Gasteiger partial charge in [0.15, 0.2) is 0 Å². The summed E-state index contributed by atoms with van der Waals surface area (Å²) in [6.45, 7) is 1.35. The van der Waals surface area contributed by atoms with Crippen molar-refractivity contribution in [3.8, 4) is 0 Å². The molecule has 21 heavy (non-hydrogen) atoms. The number of carbonyl (C=O) groups is 2. The molecule has 1 atom stereocenters. The molecule has 108 valence electrons. The standard InChI is InChI=1S/C16H14FNO3/c1-11(16(20)21)18(14-9-7-13(17)8-10-14)15(19)12-5-3-2-4-6-12/h2-11H,1H3,(H,20,21)/p-1/t11-/m0/s1. The van der Waals surface area contributed by atoms with E-state index in [-0.39, 0.29) is 0 Å². The molecule has 0 saturated carbocycles. The van der Waals surface area contributed by atoms with Crippen LogP contribution in [0.15, 0.2) is 54.6 Å². The molecule has 2 aromatic rings. The number of hydrogen-bond donors (Lipinski definition) is 0. The molecule has 0 saturated heterocycles. The van der Waals surface area contributed by atoms with Crippen LogP contribution in [0.5, 0.6) is 0 Å². The number of carboxylic acids is 1. The Balaban J connectivity index is 2.44. The number of hydrogen-bond acceptors (Lipinski definition) is 3. The molecular formula is C16H13FNO3-. The predicted molar refractivity (Wildman–Crippen MR) is 74.1 cm³/mol. The summed E-state index contributed by atoms with van der Waals surface area (Å²) in [5, 5.41) is 11.1. The minimum atomic E-state index is -1.39. The summed E-state index contributed by atoms with van der Waals surface area (Å²) in [5.74, 6) is -2.34. The third-order valence-electron chi connectivity index (χ3n) is 3.07. The van der Waals surface area contributed by atoms with Gasteiger partial charge in [0.1, 0.15) is 5.82 Å². The number of amides is 1. The van der Waals surface area contributed by atoms with Crippen LogP contribution in [-0.4, -0.2) is 17.9 Å². The van der Waals surface area contributed by atoms with Crippen molar-refractivity contribution in [2.75, 3.05) is 4.90 Å². The van der Waals surface area contributed by atoms with Crippen LogP contribution in [0.4, 0.5) is 10.1 Å². The fourth-order valence-electron chi connectivity index (χ4n) is 1.94. The summed E-state index contributed by atoms with van der Waals surface area (Å²) in [7, 11) is 0. The second kappa shape index (κ2) is 6.17. The number of halogens is 1. The second-order valence-corrected chi connectivity index (χ2v) is 4.51. The van der Waals surface area contributed by atoms with Gasteiger partial charge in [0.2, 0.25) is 0 Å². The van der Waals surface area contributed by atoms with Crippen LogP contribution in [0, 0.1) is 5.82 Å². The number of carbonyl (C=O) groups excluding carboxylic acids is 2. The molecule has 1 amide bonds. The highest BCUT2D eigenvalue weighted by Crippen LogP contribution is 2.20. The van der Waals surface area contributed by atoms with Gasteiger partial charge in [-0.3, -0.25) is 9.69 Å². The average molecular weight is 286 g/mol. The zero-order valence-electron chi connectivity index (χ0n) is 11.3. The van der Waals surface area contributed by atoms with E-state index in [1.165, 1.54) is 31.2 Å². The van der Waals surface area contributed by atoms with Crippen LogP contribution in [0.25, 0.3) is 0 Å². The smallest absolute Gasteiger partial charge is 0.258 e. The number of benzene rings is 2. The minimum absolute atomic E-state index is 0.293. The number of rotatable bonds is 4. The Hall–Kier alpha value is -2.69. The highest BCUT2D eigenvalue weighted by atomic mass is 19.1. The van der Waals surface area contributed by atoms with E-state index >= 15 is 0 Å². The van der Waals surface area contributed by atoms with Crippen molar-refractivity contribution in [1.82, 2.24) is 0 Å². The number of aliphatic carboxylic acids is 1. The molecule has 4 nitrogen and oxygen atoms in total. The van der Waals surface area contributed by atoms with Gasteiger partial charge >= 0.3 is 0 Å². The fourth-order valence-corrected chi connectivity index (χ4v) is 1.94. The van der Waals surface area contributed by atoms with Crippen molar-refractivity contribution in [3.05, 3.63) is 66.0 Å². The molecule has 0 aromatic heterocycles. The molecule has 2 rings (SSSR count). The zero-order chi connectivity index (χ0) is 15.4. The van der Waals surface area contributed by atoms with Crippen molar-refractivity contribution in [2.24, 2.45) is 0 Å². The Morgan fingerprint density at radius 3 is 2.14 bits per heavy atom. The topological polar surface area (TPSA) is 60.4 Å². The predicted octanol–water partition coefficient (Wildman–Crippen LogP) is 1.61. The monoisotopic (exact) mass is 286 g/mol. The Morgan fingerprint density at radius 2 is 1.62 bits per heavy atom. The van der Waals surface area contributed by atoms with Gasteiger partial charge in [-0.1, -0.05) is 18.2 Å². The molecule has 0 heterocycles. The Kier molecular flexibility index (Phi) is 4.33. The van der Waals surface area contributed by atoms with Crippen LogP contribution in [0.1, 0.15) is 17.3 Å². The Morgan fingerprint density at radius 1 is 1.05 bits per heavy atom. The van der Waals surface area contributed by atoms with Crippen molar-refractivity contribution < 1.29 is 19.1 Å². The summed E-state index contributed by atoms with van der Waals surface area (Å²) in [6, 6.07) is 12.2. The van der Waals surface area contributed by atoms with Gasteiger partial charge < -0.3 is 9.90 Å². The highest BCUT2D eigenvalue weighted by molar-refractivity contribution is 6.08. The summed E-state index contributed by atoms with van der Waals surface area (Å²) in [5.41, 5.74) is 0.636. The van der Waals surface area contributed by atoms with Gasteiger partial charge in [-0.15, -0.1) is 0 Å². The molecular weight excluding hydrogens is 273 g/mol. The number of carboxylic acid groups (broad SMARTS) is 1. The van der Waals surface area contributed by atoms with E-state index in [2.05, 4.69) is 0 Å². The van der Waals surface area contributed by atoms with Gasteiger partial charge in [0, 0.05) is 11.3 Å². The van der Waals surface area contributed by atoms with E-state index in [4.69, 9.17) is 0 Å². The first-order valence-electron chi connectivity index (χ1n) is 6.35. The maximum atomic E-state index is 13.0. The molecule has 0 fully saturated rings. The molecule has 0 radical (unpaired) electrons. The van der Waals surface area contributed by atoms with Crippen LogP contribution in [-0.2, 0) is 4.79 Å². The maximum absolute atomic E-state index is 13.0. The SMILES string of the molecule is C[C@@H](C(=O)[O-])N(C(=O)c1ccccc1)c1ccc(F)cc1. The van der Waals surface area contributed by atoms with Crippen LogP contribution < -0.4 is 10.0 Å². The van der Waals surface area contributed by atoms with E-state index in [1.807, 2.05) is 0 Å². The van der Waals surface area contributed by atoms with E-state index in [0.717, 1.165) is 4.90 Å². The van der Waals surface area contributed by atoms with Crippen LogP contribution in [0.3, 0.4) is 0 Å². The van der Waals surface area contributed by atoms with Crippen LogP contribution >= 0.6 is 0 Å². The first kappa shape index (κ1) is 14.7. The molecule has 0 N–H and O–H groups in total. The first-order valence-corrected chi connectivity index (χ1v) is 6.35. The Labute approximate surface area is 121 Å². The zero-order valence-corrected chi connectivity index (χ0v) is 11.3. The van der Waals surface area contributed by atoms with Gasteiger partial charge in [0.05, 0.1) is 12.0 Å². The molecule has 0 aliphatic heterocycles. The molecule has 5 heteroatoms. The third kappa shape index (κ3) is 3.25. The molecule has 0 aliphatic rings. The van der Waals surface area contributed by atoms with E-state index in [1.54, 1.807) is 30.3 Å². The summed E-state index contributed by atoms with van der Waals surface area (Å²) in [6.07, 6.45) is 0. The highest BCUT2D eigenvalue weighted by Gasteiger charge is 2.24. The second-order valence-electron chi connectivity index (χ2n) is 4.51. The molecule has 0 aliphatic carbocycles. The van der Waals surface area contributed by atoms with Gasteiger partial charge in [0.25, 0.3) is 5.91 Å². The molecule has 0 bridgehead atoms. The quantitative estimate of drug-likeness (QED) is 0.858. The van der Waals surface area contributed by atoms with Crippen molar-refractivity contribution >= 4 is 17.6 Å². The van der Waals surface area contributed by atoms with Gasteiger partial charge in [-0.05, 0) is 43.3 Å². The van der Waals surface area contributed by atoms with Crippen molar-refractivity contribution in [2.45, 2.75) is 13.0 Å². The largest absolute Gasteiger partial charge is 0.548 e. The minimum Gasteiger partial charge on any atom is -0.548 e. The van der Waals surface area contributed by atoms with E-state index in [0.29, 0.717) is 11.3 Å². The first-order chi connectivity index (χ1) is 10.0. The lowest BCUT2D eigenvalue weighted by molar-refractivity contribution is -0.306. The maximum Gasteiger partial charge on any atom is 0.258 e. The lowest BCUT2D eigenvalue weighted by Crippen LogP contribution is -2.49. The molecule has 0 unspecified atom stereocenters. The lowest BCUT2D eigenvalue weighted by atomic mass is 10.1. The third-order valence-corrected chi connectivity index (χ3v) is 3.07. The Bertz CT molecular complexity index is 640. The molecule has 0 spiro atoms. The number of anilines is 1. The van der Waals surface area contributed by atoms with Gasteiger partial charge in [-0.2, -0.15) is 0 Å². The lowest BCUT2D eigenvalue weighted by Gasteiger charge is -2.30. The van der Waals surface area contributed by atoms with Crippen molar-refractivity contribution in [1.29, 1.82) is 0 Å². The van der Waals surface area contributed by atoms with Crippen LogP contribution in [0.2, 0.25) is 0 Å². The van der Waals surface area contributed by atoms with Gasteiger partial charge in [-0.25, -0.2) is 4.39 Å². The summed E-state index contributed by atoms with van der Waals surface area (Å²) in [4.78, 5) is 24.7. The summed E-state index contributed by atoms with van der Waals surface area (Å²) >= 11 is 0. The van der Waals surface area contributed by atoms with E-state index < -0.39 is 23.7 Å². The fraction of sp³-hybridized carbons (Fsp3) is 0.125. The average Bonchev–Trinajstić information content (AvgIpc) is 2.50. The molecule has 2 aromatic carbocycles.